The lowest BCUT2D eigenvalue weighted by atomic mass is 9.93. The number of nitrogens with zero attached hydrogens (tertiary/aromatic N) is 1. The molecule has 0 atom stereocenters. The second-order valence-corrected chi connectivity index (χ2v) is 5.84. The largest absolute Gasteiger partial charge is 0.350 e. The summed E-state index contributed by atoms with van der Waals surface area (Å²) < 4.78 is 0. The molecule has 3 nitrogen and oxygen atoms in total. The lowest BCUT2D eigenvalue weighted by molar-refractivity contribution is -0.121. The first-order valence-corrected chi connectivity index (χ1v) is 6.61. The minimum Gasteiger partial charge on any atom is -0.350 e. The molecular formula is C16H22N2O. The molecule has 19 heavy (non-hydrogen) atoms. The zero-order valence-corrected chi connectivity index (χ0v) is 12.2. The second-order valence-electron chi connectivity index (χ2n) is 5.84. The summed E-state index contributed by atoms with van der Waals surface area (Å²) in [6, 6.07) is 10.3. The number of nitrogens with one attached hydrogen (secondary N) is 1. The summed E-state index contributed by atoms with van der Waals surface area (Å²) in [5.41, 5.74) is 2.16. The number of rotatable bonds is 5. The first-order valence-electron chi connectivity index (χ1n) is 6.61. The van der Waals surface area contributed by atoms with Crippen LogP contribution in [-0.2, 0) is 11.2 Å². The van der Waals surface area contributed by atoms with Crippen LogP contribution in [-0.4, -0.2) is 11.4 Å². The van der Waals surface area contributed by atoms with Gasteiger partial charge in [0.1, 0.15) is 6.42 Å². The van der Waals surface area contributed by atoms with Gasteiger partial charge in [0.05, 0.1) is 6.07 Å². The molecule has 0 spiro atoms. The Balaban J connectivity index is 2.67. The molecule has 3 heteroatoms. The van der Waals surface area contributed by atoms with E-state index in [9.17, 15) is 4.79 Å². The third-order valence-corrected chi connectivity index (χ3v) is 3.01. The Morgan fingerprint density at radius 1 is 1.32 bits per heavy atom. The fraction of sp³-hybridized carbons (Fsp3) is 0.500. The quantitative estimate of drug-likeness (QED) is 0.882. The van der Waals surface area contributed by atoms with E-state index in [2.05, 4.69) is 43.4 Å². The molecule has 1 amide bonds. The van der Waals surface area contributed by atoms with E-state index in [0.717, 1.165) is 6.42 Å². The van der Waals surface area contributed by atoms with Crippen molar-refractivity contribution in [2.24, 2.45) is 0 Å². The number of nitriles is 1. The topological polar surface area (TPSA) is 52.9 Å². The highest BCUT2D eigenvalue weighted by Gasteiger charge is 2.20. The minimum absolute atomic E-state index is 0.0876. The SMILES string of the molecule is CC(C)c1ccc(CC(C)(C)NC(=O)CC#N)cc1. The van der Waals surface area contributed by atoms with Gasteiger partial charge in [-0.25, -0.2) is 0 Å². The highest BCUT2D eigenvalue weighted by atomic mass is 16.1. The Labute approximate surface area is 115 Å². The lowest BCUT2D eigenvalue weighted by Gasteiger charge is -2.26. The van der Waals surface area contributed by atoms with Gasteiger partial charge >= 0.3 is 0 Å². The van der Waals surface area contributed by atoms with Gasteiger partial charge in [0.15, 0.2) is 0 Å². The van der Waals surface area contributed by atoms with Gasteiger partial charge in [-0.3, -0.25) is 4.79 Å². The van der Waals surface area contributed by atoms with Crippen LogP contribution in [0.2, 0.25) is 0 Å². The van der Waals surface area contributed by atoms with Crippen LogP contribution in [0.5, 0.6) is 0 Å². The first kappa shape index (κ1) is 15.2. The number of carbonyl (C=O) groups excluding carboxylic acids is 1. The van der Waals surface area contributed by atoms with Crippen LogP contribution >= 0.6 is 0 Å². The summed E-state index contributed by atoms with van der Waals surface area (Å²) in [4.78, 5) is 11.5. The van der Waals surface area contributed by atoms with Crippen LogP contribution in [0.15, 0.2) is 24.3 Å². The fourth-order valence-corrected chi connectivity index (χ4v) is 2.07. The molecule has 0 aliphatic rings. The Kier molecular flexibility index (Phi) is 5.11. The summed E-state index contributed by atoms with van der Waals surface area (Å²) in [6.07, 6.45) is 0.665. The van der Waals surface area contributed by atoms with E-state index in [1.807, 2.05) is 19.9 Å². The highest BCUT2D eigenvalue weighted by molar-refractivity contribution is 5.78. The standard InChI is InChI=1S/C16H22N2O/c1-12(2)14-7-5-13(6-8-14)11-16(3,4)18-15(19)9-10-17/h5-8,12H,9,11H2,1-4H3,(H,18,19). The average Bonchev–Trinajstić information content (AvgIpc) is 2.28. The molecule has 0 aromatic heterocycles. The molecule has 1 N–H and O–H groups in total. The van der Waals surface area contributed by atoms with Gasteiger partial charge in [-0.05, 0) is 37.3 Å². The number of benzene rings is 1. The van der Waals surface area contributed by atoms with Gasteiger partial charge in [-0.1, -0.05) is 38.1 Å². The molecule has 0 radical (unpaired) electrons. The molecule has 0 bridgehead atoms. The molecule has 1 aromatic rings. The van der Waals surface area contributed by atoms with E-state index >= 15 is 0 Å². The van der Waals surface area contributed by atoms with Crippen molar-refractivity contribution >= 4 is 5.91 Å². The fourth-order valence-electron chi connectivity index (χ4n) is 2.07. The van der Waals surface area contributed by atoms with Crippen LogP contribution < -0.4 is 5.32 Å². The molecule has 0 aliphatic heterocycles. The van der Waals surface area contributed by atoms with E-state index < -0.39 is 0 Å². The van der Waals surface area contributed by atoms with E-state index in [-0.39, 0.29) is 17.9 Å². The molecule has 0 aliphatic carbocycles. The van der Waals surface area contributed by atoms with Crippen LogP contribution in [0.1, 0.15) is 51.2 Å². The van der Waals surface area contributed by atoms with Crippen molar-refractivity contribution in [1.29, 1.82) is 5.26 Å². The molecule has 0 saturated carbocycles. The zero-order valence-electron chi connectivity index (χ0n) is 12.2. The minimum atomic E-state index is -0.340. The first-order chi connectivity index (χ1) is 8.84. The molecular weight excluding hydrogens is 236 g/mol. The summed E-state index contributed by atoms with van der Waals surface area (Å²) in [7, 11) is 0. The summed E-state index contributed by atoms with van der Waals surface area (Å²) in [6.45, 7) is 8.28. The van der Waals surface area contributed by atoms with E-state index in [0.29, 0.717) is 5.92 Å². The maximum absolute atomic E-state index is 11.5. The van der Waals surface area contributed by atoms with Crippen molar-refractivity contribution in [3.8, 4) is 6.07 Å². The molecule has 0 saturated heterocycles. The van der Waals surface area contributed by atoms with Crippen molar-refractivity contribution in [2.45, 2.75) is 52.0 Å². The Morgan fingerprint density at radius 2 is 1.89 bits per heavy atom. The Morgan fingerprint density at radius 3 is 2.37 bits per heavy atom. The van der Waals surface area contributed by atoms with Crippen molar-refractivity contribution in [3.05, 3.63) is 35.4 Å². The van der Waals surface area contributed by atoms with Gasteiger partial charge in [-0.15, -0.1) is 0 Å². The van der Waals surface area contributed by atoms with Gasteiger partial charge in [0, 0.05) is 5.54 Å². The van der Waals surface area contributed by atoms with Gasteiger partial charge in [0.25, 0.3) is 0 Å². The highest BCUT2D eigenvalue weighted by Crippen LogP contribution is 2.18. The predicted octanol–water partition coefficient (Wildman–Crippen LogP) is 3.16. The molecule has 0 unspecified atom stereocenters. The second kappa shape index (κ2) is 6.38. The number of hydrogen-bond donors (Lipinski definition) is 1. The van der Waals surface area contributed by atoms with Crippen LogP contribution in [0, 0.1) is 11.3 Å². The molecule has 102 valence electrons. The van der Waals surface area contributed by atoms with E-state index in [1.165, 1.54) is 11.1 Å². The summed E-state index contributed by atoms with van der Waals surface area (Å²) >= 11 is 0. The van der Waals surface area contributed by atoms with Crippen molar-refractivity contribution in [2.75, 3.05) is 0 Å². The molecule has 0 fully saturated rings. The summed E-state index contributed by atoms with van der Waals surface area (Å²) in [5, 5.41) is 11.4. The van der Waals surface area contributed by atoms with Crippen LogP contribution in [0.4, 0.5) is 0 Å². The van der Waals surface area contributed by atoms with Crippen molar-refractivity contribution in [1.82, 2.24) is 5.32 Å². The van der Waals surface area contributed by atoms with Crippen LogP contribution in [0.3, 0.4) is 0 Å². The third kappa shape index (κ3) is 5.13. The molecule has 1 rings (SSSR count). The van der Waals surface area contributed by atoms with Gasteiger partial charge in [0.2, 0.25) is 5.91 Å². The average molecular weight is 258 g/mol. The smallest absolute Gasteiger partial charge is 0.234 e. The predicted molar refractivity (Wildman–Crippen MR) is 76.7 cm³/mol. The normalized spacial score (nSPS) is 11.2. The molecule has 1 aromatic carbocycles. The van der Waals surface area contributed by atoms with E-state index in [1.54, 1.807) is 0 Å². The number of hydrogen-bond acceptors (Lipinski definition) is 2. The third-order valence-electron chi connectivity index (χ3n) is 3.01. The maximum atomic E-state index is 11.5. The van der Waals surface area contributed by atoms with Crippen molar-refractivity contribution < 1.29 is 4.79 Å². The number of carbonyl (C=O) groups is 1. The van der Waals surface area contributed by atoms with Crippen molar-refractivity contribution in [3.63, 3.8) is 0 Å². The van der Waals surface area contributed by atoms with E-state index in [4.69, 9.17) is 5.26 Å². The summed E-state index contributed by atoms with van der Waals surface area (Å²) in [5.74, 6) is 0.309. The van der Waals surface area contributed by atoms with Gasteiger partial charge < -0.3 is 5.32 Å². The lowest BCUT2D eigenvalue weighted by Crippen LogP contribution is -2.44. The van der Waals surface area contributed by atoms with Gasteiger partial charge in [-0.2, -0.15) is 5.26 Å². The maximum Gasteiger partial charge on any atom is 0.234 e. The Hall–Kier alpha value is -1.82. The van der Waals surface area contributed by atoms with Crippen LogP contribution in [0.25, 0.3) is 0 Å². The molecule has 0 heterocycles. The monoisotopic (exact) mass is 258 g/mol. The number of amides is 1. The zero-order chi connectivity index (χ0) is 14.5. The Bertz CT molecular complexity index is 467.